The molecule has 8 heteroatoms. The average molecular weight is 831 g/mol. The van der Waals surface area contributed by atoms with Crippen molar-refractivity contribution in [3.05, 3.63) is 48.6 Å². The first-order valence-electron chi connectivity index (χ1n) is 24.2. The summed E-state index contributed by atoms with van der Waals surface area (Å²) < 4.78 is 17.3. The Bertz CT molecular complexity index is 1110. The summed E-state index contributed by atoms with van der Waals surface area (Å²) in [7, 11) is 5.52. The van der Waals surface area contributed by atoms with Gasteiger partial charge < -0.3 is 23.8 Å². The van der Waals surface area contributed by atoms with Crippen LogP contribution in [0.2, 0.25) is 0 Å². The van der Waals surface area contributed by atoms with Crippen LogP contribution in [0.25, 0.3) is 0 Å². The molecule has 0 aliphatic rings. The van der Waals surface area contributed by atoms with Gasteiger partial charge in [-0.05, 0) is 51.4 Å². The Balaban J connectivity index is 4.31. The van der Waals surface area contributed by atoms with E-state index in [0.717, 1.165) is 70.6 Å². The third kappa shape index (κ3) is 40.5. The SMILES string of the molecule is CC/C=C/C/C=C/C/C=C/C/C=C/CCCCCC(=O)OCC(COCCC(C(=O)O)[N+](C)(C)C)OC(=O)CCCCCCCCCCCCCCCCCCCCC. The Kier molecular flexibility index (Phi) is 40.1. The molecule has 0 aromatic rings. The fourth-order valence-corrected chi connectivity index (χ4v) is 7.02. The highest BCUT2D eigenvalue weighted by molar-refractivity contribution is 5.72. The third-order valence-electron chi connectivity index (χ3n) is 10.7. The molecule has 2 unspecified atom stereocenters. The van der Waals surface area contributed by atoms with E-state index in [4.69, 9.17) is 14.2 Å². The Morgan fingerprint density at radius 3 is 1.41 bits per heavy atom. The van der Waals surface area contributed by atoms with Gasteiger partial charge in [0.25, 0.3) is 0 Å². The van der Waals surface area contributed by atoms with E-state index in [1.807, 2.05) is 21.1 Å². The number of carboxylic acids is 1. The van der Waals surface area contributed by atoms with Crippen LogP contribution in [0, 0.1) is 0 Å². The lowest BCUT2D eigenvalue weighted by Gasteiger charge is -2.31. The summed E-state index contributed by atoms with van der Waals surface area (Å²) in [4.78, 5) is 37.1. The van der Waals surface area contributed by atoms with E-state index >= 15 is 0 Å². The molecule has 0 amide bonds. The Morgan fingerprint density at radius 2 is 0.949 bits per heavy atom. The van der Waals surface area contributed by atoms with Gasteiger partial charge in [-0.1, -0.05) is 184 Å². The zero-order valence-corrected chi connectivity index (χ0v) is 39.0. The number of carbonyl (C=O) groups excluding carboxylic acids is 2. The molecule has 1 N–H and O–H groups in total. The first-order valence-corrected chi connectivity index (χ1v) is 24.2. The van der Waals surface area contributed by atoms with Gasteiger partial charge in [0.05, 0.1) is 34.4 Å². The summed E-state index contributed by atoms with van der Waals surface area (Å²) in [6.45, 7) is 4.61. The molecule has 0 fully saturated rings. The zero-order chi connectivity index (χ0) is 43.5. The lowest BCUT2D eigenvalue weighted by Crippen LogP contribution is -2.50. The summed E-state index contributed by atoms with van der Waals surface area (Å²) in [5.74, 6) is -1.50. The number of rotatable bonds is 43. The standard InChI is InChI=1S/C51H91NO7/c1-6-8-10-12-14-16-18-20-22-24-25-26-28-30-32-34-36-38-40-42-50(54)59-47(45-57-44-43-48(51(55)56)52(3,4)5)46-58-49(53)41-39-37-35-33-31-29-27-23-21-19-17-15-13-11-9-7-2/h9,11,15,17,21,23,29,31,47-48H,6-8,10,12-14,16,18-20,22,24-28,30,32-46H2,1-5H3/p+1/b11-9+,17-15+,23-21+,31-29+. The van der Waals surface area contributed by atoms with Crippen molar-refractivity contribution in [3.8, 4) is 0 Å². The van der Waals surface area contributed by atoms with E-state index in [-0.39, 0.29) is 36.2 Å². The summed E-state index contributed by atoms with van der Waals surface area (Å²) in [5, 5.41) is 9.64. The Hall–Kier alpha value is -2.71. The normalized spacial score (nSPS) is 13.3. The van der Waals surface area contributed by atoms with E-state index in [0.29, 0.717) is 19.3 Å². The van der Waals surface area contributed by atoms with Crippen molar-refractivity contribution >= 4 is 17.9 Å². The van der Waals surface area contributed by atoms with Crippen molar-refractivity contribution in [1.82, 2.24) is 0 Å². The van der Waals surface area contributed by atoms with Crippen LogP contribution in [0.3, 0.4) is 0 Å². The summed E-state index contributed by atoms with van der Waals surface area (Å²) in [5.41, 5.74) is 0. The van der Waals surface area contributed by atoms with E-state index < -0.39 is 18.1 Å². The first-order chi connectivity index (χ1) is 28.6. The maximum Gasteiger partial charge on any atom is 0.362 e. The molecule has 2 atom stereocenters. The second kappa shape index (κ2) is 42.0. The number of hydrogen-bond acceptors (Lipinski definition) is 6. The molecule has 0 bridgehead atoms. The molecule has 0 saturated carbocycles. The second-order valence-corrected chi connectivity index (χ2v) is 17.3. The van der Waals surface area contributed by atoms with Crippen LogP contribution in [-0.2, 0) is 28.6 Å². The zero-order valence-electron chi connectivity index (χ0n) is 39.0. The van der Waals surface area contributed by atoms with Gasteiger partial charge in [0.2, 0.25) is 0 Å². The smallest absolute Gasteiger partial charge is 0.362 e. The maximum absolute atomic E-state index is 12.8. The fourth-order valence-electron chi connectivity index (χ4n) is 7.02. The van der Waals surface area contributed by atoms with Crippen molar-refractivity contribution in [2.24, 2.45) is 0 Å². The van der Waals surface area contributed by atoms with Gasteiger partial charge in [-0.25, -0.2) is 4.79 Å². The van der Waals surface area contributed by atoms with Crippen molar-refractivity contribution in [2.75, 3.05) is 41.0 Å². The number of carbonyl (C=O) groups is 3. The molecule has 0 aliphatic carbocycles. The highest BCUT2D eigenvalue weighted by Crippen LogP contribution is 2.16. The monoisotopic (exact) mass is 831 g/mol. The largest absolute Gasteiger partial charge is 0.477 e. The van der Waals surface area contributed by atoms with E-state index in [9.17, 15) is 19.5 Å². The molecule has 0 aromatic carbocycles. The summed E-state index contributed by atoms with van der Waals surface area (Å²) in [6.07, 6.45) is 50.2. The first kappa shape index (κ1) is 56.3. The Morgan fingerprint density at radius 1 is 0.525 bits per heavy atom. The molecular weight excluding hydrogens is 739 g/mol. The van der Waals surface area contributed by atoms with Gasteiger partial charge in [0.1, 0.15) is 6.61 Å². The molecule has 59 heavy (non-hydrogen) atoms. The summed E-state index contributed by atoms with van der Waals surface area (Å²) >= 11 is 0. The number of likely N-dealkylation sites (N-methyl/N-ethyl adjacent to an activating group) is 1. The number of quaternary nitrogens is 1. The topological polar surface area (TPSA) is 99.1 Å². The molecule has 8 nitrogen and oxygen atoms in total. The lowest BCUT2D eigenvalue weighted by molar-refractivity contribution is -0.887. The number of carboxylic acid groups (broad SMARTS) is 1. The van der Waals surface area contributed by atoms with E-state index in [1.54, 1.807) is 0 Å². The van der Waals surface area contributed by atoms with Crippen LogP contribution < -0.4 is 0 Å². The lowest BCUT2D eigenvalue weighted by atomic mass is 10.0. The molecular formula is C51H92NO7+. The molecule has 0 heterocycles. The number of hydrogen-bond donors (Lipinski definition) is 1. The van der Waals surface area contributed by atoms with Gasteiger partial charge >= 0.3 is 17.9 Å². The highest BCUT2D eigenvalue weighted by atomic mass is 16.6. The minimum atomic E-state index is -0.879. The van der Waals surface area contributed by atoms with E-state index in [1.165, 1.54) is 103 Å². The van der Waals surface area contributed by atoms with Crippen LogP contribution in [0.4, 0.5) is 0 Å². The number of unbranched alkanes of at least 4 members (excludes halogenated alkanes) is 21. The van der Waals surface area contributed by atoms with Gasteiger partial charge in [-0.3, -0.25) is 9.59 Å². The minimum absolute atomic E-state index is 0.0521. The Labute approximate surface area is 363 Å². The minimum Gasteiger partial charge on any atom is -0.477 e. The molecule has 342 valence electrons. The quantitative estimate of drug-likeness (QED) is 0.0283. The van der Waals surface area contributed by atoms with Gasteiger partial charge in [-0.2, -0.15) is 0 Å². The number of ether oxygens (including phenoxy) is 3. The van der Waals surface area contributed by atoms with Crippen LogP contribution in [0.1, 0.15) is 206 Å². The van der Waals surface area contributed by atoms with Crippen molar-refractivity contribution in [2.45, 2.75) is 219 Å². The van der Waals surface area contributed by atoms with Crippen LogP contribution in [0.15, 0.2) is 48.6 Å². The average Bonchev–Trinajstić information content (AvgIpc) is 3.19. The number of nitrogens with zero attached hydrogens (tertiary/aromatic N) is 1. The van der Waals surface area contributed by atoms with Gasteiger partial charge in [0, 0.05) is 19.3 Å². The van der Waals surface area contributed by atoms with E-state index in [2.05, 4.69) is 62.5 Å². The summed E-state index contributed by atoms with van der Waals surface area (Å²) in [6, 6.07) is -0.619. The van der Waals surface area contributed by atoms with Crippen molar-refractivity contribution < 1.29 is 38.2 Å². The number of aliphatic carboxylic acids is 1. The van der Waals surface area contributed by atoms with Crippen LogP contribution >= 0.6 is 0 Å². The third-order valence-corrected chi connectivity index (χ3v) is 10.7. The van der Waals surface area contributed by atoms with Gasteiger partial charge in [-0.15, -0.1) is 0 Å². The molecule has 0 saturated heterocycles. The van der Waals surface area contributed by atoms with Crippen LogP contribution in [-0.4, -0.2) is 80.6 Å². The second-order valence-electron chi connectivity index (χ2n) is 17.3. The van der Waals surface area contributed by atoms with Crippen molar-refractivity contribution in [3.63, 3.8) is 0 Å². The number of allylic oxidation sites excluding steroid dienone is 8. The van der Waals surface area contributed by atoms with Gasteiger partial charge in [0.15, 0.2) is 12.1 Å². The highest BCUT2D eigenvalue weighted by Gasteiger charge is 2.31. The predicted molar refractivity (Wildman–Crippen MR) is 248 cm³/mol. The number of esters is 2. The maximum atomic E-state index is 12.8. The molecule has 0 radical (unpaired) electrons. The molecule has 0 spiro atoms. The molecule has 0 aromatic heterocycles. The molecule has 0 aliphatic heterocycles. The van der Waals surface area contributed by atoms with Crippen LogP contribution in [0.5, 0.6) is 0 Å². The fraction of sp³-hybridized carbons (Fsp3) is 0.784. The predicted octanol–water partition coefficient (Wildman–Crippen LogP) is 13.6. The molecule has 0 rings (SSSR count). The van der Waals surface area contributed by atoms with Crippen molar-refractivity contribution in [1.29, 1.82) is 0 Å².